The second-order valence-corrected chi connectivity index (χ2v) is 5.55. The maximum absolute atomic E-state index is 11.8. The summed E-state index contributed by atoms with van der Waals surface area (Å²) in [5, 5.41) is 3.55. The normalized spacial score (nSPS) is 12.6. The Labute approximate surface area is 139 Å². The summed E-state index contributed by atoms with van der Waals surface area (Å²) in [7, 11) is 0. The number of benzene rings is 2. The van der Waals surface area contributed by atoms with Crippen molar-refractivity contribution in [2.45, 2.75) is 6.42 Å². The van der Waals surface area contributed by atoms with Gasteiger partial charge in [0.25, 0.3) is 0 Å². The fourth-order valence-corrected chi connectivity index (χ4v) is 2.48. The highest BCUT2D eigenvalue weighted by molar-refractivity contribution is 6.30. The fourth-order valence-electron chi connectivity index (χ4n) is 2.27. The molecule has 0 fully saturated rings. The lowest BCUT2D eigenvalue weighted by Crippen LogP contribution is -2.23. The van der Waals surface area contributed by atoms with E-state index in [0.29, 0.717) is 17.3 Å². The molecular formula is C18H16ClNO3. The highest BCUT2D eigenvalue weighted by atomic mass is 35.5. The van der Waals surface area contributed by atoms with Crippen LogP contribution in [0, 0.1) is 0 Å². The van der Waals surface area contributed by atoms with Crippen molar-refractivity contribution in [1.29, 1.82) is 0 Å². The molecule has 1 aliphatic heterocycles. The minimum absolute atomic E-state index is 0.135. The van der Waals surface area contributed by atoms with E-state index in [9.17, 15) is 4.79 Å². The number of amides is 1. The summed E-state index contributed by atoms with van der Waals surface area (Å²) in [6.07, 6.45) is 4.00. The van der Waals surface area contributed by atoms with Crippen molar-refractivity contribution >= 4 is 23.6 Å². The van der Waals surface area contributed by atoms with Gasteiger partial charge in [0.05, 0.1) is 0 Å². The molecule has 23 heavy (non-hydrogen) atoms. The van der Waals surface area contributed by atoms with Crippen LogP contribution in [-0.4, -0.2) is 19.2 Å². The minimum atomic E-state index is -0.135. The van der Waals surface area contributed by atoms with E-state index in [0.717, 1.165) is 23.3 Å². The van der Waals surface area contributed by atoms with Crippen LogP contribution < -0.4 is 14.8 Å². The Hall–Kier alpha value is -2.46. The Kier molecular flexibility index (Phi) is 4.83. The lowest BCUT2D eigenvalue weighted by Gasteiger charge is -2.03. The SMILES string of the molecule is O=C(C=Cc1ccc2c(c1)OCO2)NCCc1cccc(Cl)c1. The van der Waals surface area contributed by atoms with Crippen LogP contribution in [0.2, 0.25) is 5.02 Å². The van der Waals surface area contributed by atoms with Crippen molar-refractivity contribution in [1.82, 2.24) is 5.32 Å². The van der Waals surface area contributed by atoms with Crippen LogP contribution >= 0.6 is 11.6 Å². The largest absolute Gasteiger partial charge is 0.454 e. The zero-order chi connectivity index (χ0) is 16.1. The van der Waals surface area contributed by atoms with Gasteiger partial charge in [0.2, 0.25) is 12.7 Å². The molecular weight excluding hydrogens is 314 g/mol. The van der Waals surface area contributed by atoms with Gasteiger partial charge in [0.1, 0.15) is 0 Å². The molecule has 1 heterocycles. The fraction of sp³-hybridized carbons (Fsp3) is 0.167. The Morgan fingerprint density at radius 3 is 2.91 bits per heavy atom. The second-order valence-electron chi connectivity index (χ2n) is 5.12. The van der Waals surface area contributed by atoms with Crippen molar-refractivity contribution in [2.24, 2.45) is 0 Å². The van der Waals surface area contributed by atoms with Gasteiger partial charge in [-0.05, 0) is 47.9 Å². The zero-order valence-corrected chi connectivity index (χ0v) is 13.2. The highest BCUT2D eigenvalue weighted by Gasteiger charge is 2.12. The Balaban J connectivity index is 1.49. The number of nitrogens with one attached hydrogen (secondary N) is 1. The first-order valence-electron chi connectivity index (χ1n) is 7.31. The van der Waals surface area contributed by atoms with E-state index in [4.69, 9.17) is 21.1 Å². The van der Waals surface area contributed by atoms with Gasteiger partial charge in [-0.25, -0.2) is 0 Å². The maximum Gasteiger partial charge on any atom is 0.244 e. The average Bonchev–Trinajstić information content (AvgIpc) is 3.00. The quantitative estimate of drug-likeness (QED) is 0.855. The van der Waals surface area contributed by atoms with Gasteiger partial charge >= 0.3 is 0 Å². The molecule has 2 aromatic rings. The minimum Gasteiger partial charge on any atom is -0.454 e. The van der Waals surface area contributed by atoms with Crippen LogP contribution in [-0.2, 0) is 11.2 Å². The third kappa shape index (κ3) is 4.27. The summed E-state index contributed by atoms with van der Waals surface area (Å²) in [5.41, 5.74) is 1.98. The van der Waals surface area contributed by atoms with Crippen molar-refractivity contribution in [3.63, 3.8) is 0 Å². The standard InChI is InChI=1S/C18H16ClNO3/c19-15-3-1-2-13(10-15)8-9-20-18(21)7-5-14-4-6-16-17(11-14)23-12-22-16/h1-7,10-11H,8-9,12H2,(H,20,21). The molecule has 1 amide bonds. The summed E-state index contributed by atoms with van der Waals surface area (Å²) >= 11 is 5.93. The van der Waals surface area contributed by atoms with Gasteiger partial charge in [-0.15, -0.1) is 0 Å². The van der Waals surface area contributed by atoms with Crippen molar-refractivity contribution in [3.8, 4) is 11.5 Å². The van der Waals surface area contributed by atoms with Crippen molar-refractivity contribution < 1.29 is 14.3 Å². The van der Waals surface area contributed by atoms with Crippen LogP contribution in [0.4, 0.5) is 0 Å². The van der Waals surface area contributed by atoms with E-state index < -0.39 is 0 Å². The molecule has 0 saturated heterocycles. The predicted molar refractivity (Wildman–Crippen MR) is 89.8 cm³/mol. The molecule has 0 saturated carbocycles. The average molecular weight is 330 g/mol. The Morgan fingerprint density at radius 2 is 2.04 bits per heavy atom. The van der Waals surface area contributed by atoms with Gasteiger partial charge in [0.15, 0.2) is 11.5 Å². The molecule has 0 radical (unpaired) electrons. The van der Waals surface area contributed by atoms with Crippen LogP contribution in [0.3, 0.4) is 0 Å². The third-order valence-corrected chi connectivity index (χ3v) is 3.66. The Morgan fingerprint density at radius 1 is 1.17 bits per heavy atom. The first-order chi connectivity index (χ1) is 11.2. The van der Waals surface area contributed by atoms with E-state index in [2.05, 4.69) is 5.32 Å². The number of halogens is 1. The smallest absolute Gasteiger partial charge is 0.244 e. The van der Waals surface area contributed by atoms with E-state index in [1.807, 2.05) is 42.5 Å². The number of carbonyl (C=O) groups is 1. The monoisotopic (exact) mass is 329 g/mol. The van der Waals surface area contributed by atoms with Crippen LogP contribution in [0.5, 0.6) is 11.5 Å². The van der Waals surface area contributed by atoms with Crippen molar-refractivity contribution in [3.05, 3.63) is 64.7 Å². The molecule has 0 aliphatic carbocycles. The maximum atomic E-state index is 11.8. The topological polar surface area (TPSA) is 47.6 Å². The number of ether oxygens (including phenoxy) is 2. The van der Waals surface area contributed by atoms with Gasteiger partial charge in [-0.2, -0.15) is 0 Å². The summed E-state index contributed by atoms with van der Waals surface area (Å²) in [4.78, 5) is 11.8. The molecule has 4 nitrogen and oxygen atoms in total. The second kappa shape index (κ2) is 7.20. The molecule has 5 heteroatoms. The Bertz CT molecular complexity index is 743. The van der Waals surface area contributed by atoms with Crippen LogP contribution in [0.25, 0.3) is 6.08 Å². The van der Waals surface area contributed by atoms with Gasteiger partial charge in [0, 0.05) is 17.6 Å². The summed E-state index contributed by atoms with van der Waals surface area (Å²) in [6, 6.07) is 13.2. The number of fused-ring (bicyclic) bond motifs is 1. The first kappa shape index (κ1) is 15.4. The summed E-state index contributed by atoms with van der Waals surface area (Å²) in [5.74, 6) is 1.30. The third-order valence-electron chi connectivity index (χ3n) is 3.43. The molecule has 2 aromatic carbocycles. The summed E-state index contributed by atoms with van der Waals surface area (Å²) < 4.78 is 10.5. The number of rotatable bonds is 5. The van der Waals surface area contributed by atoms with E-state index >= 15 is 0 Å². The van der Waals surface area contributed by atoms with Crippen LogP contribution in [0.1, 0.15) is 11.1 Å². The van der Waals surface area contributed by atoms with Gasteiger partial charge in [-0.3, -0.25) is 4.79 Å². The first-order valence-corrected chi connectivity index (χ1v) is 7.68. The molecule has 0 spiro atoms. The molecule has 118 valence electrons. The van der Waals surface area contributed by atoms with E-state index in [1.165, 1.54) is 6.08 Å². The van der Waals surface area contributed by atoms with Crippen LogP contribution in [0.15, 0.2) is 48.5 Å². The molecule has 1 aliphatic rings. The highest BCUT2D eigenvalue weighted by Crippen LogP contribution is 2.32. The lowest BCUT2D eigenvalue weighted by atomic mass is 10.1. The molecule has 0 unspecified atom stereocenters. The molecule has 3 rings (SSSR count). The molecule has 0 bridgehead atoms. The van der Waals surface area contributed by atoms with E-state index in [1.54, 1.807) is 6.08 Å². The molecule has 0 aromatic heterocycles. The van der Waals surface area contributed by atoms with Crippen molar-refractivity contribution in [2.75, 3.05) is 13.3 Å². The lowest BCUT2D eigenvalue weighted by molar-refractivity contribution is -0.116. The number of hydrogen-bond acceptors (Lipinski definition) is 3. The van der Waals surface area contributed by atoms with Gasteiger partial charge in [-0.1, -0.05) is 29.8 Å². The van der Waals surface area contributed by atoms with E-state index in [-0.39, 0.29) is 12.7 Å². The number of carbonyl (C=O) groups excluding carboxylic acids is 1. The molecule has 0 atom stereocenters. The molecule has 1 N–H and O–H groups in total. The summed E-state index contributed by atoms with van der Waals surface area (Å²) in [6.45, 7) is 0.803. The van der Waals surface area contributed by atoms with Gasteiger partial charge < -0.3 is 14.8 Å². The zero-order valence-electron chi connectivity index (χ0n) is 12.4. The predicted octanol–water partition coefficient (Wildman–Crippen LogP) is 3.44. The number of hydrogen-bond donors (Lipinski definition) is 1.